The van der Waals surface area contributed by atoms with E-state index < -0.39 is 0 Å². The van der Waals surface area contributed by atoms with Crippen LogP contribution in [0.5, 0.6) is 0 Å². The number of amides is 1. The SMILES string of the molecule is Cc1ccc(Cl)c(NC(=O)c2ccc(N(C)C)c(N)c2)c1. The number of halogens is 1. The summed E-state index contributed by atoms with van der Waals surface area (Å²) in [5, 5.41) is 3.31. The highest BCUT2D eigenvalue weighted by atomic mass is 35.5. The van der Waals surface area contributed by atoms with Crippen molar-refractivity contribution in [3.05, 3.63) is 52.5 Å². The molecule has 0 radical (unpaired) electrons. The van der Waals surface area contributed by atoms with Crippen LogP contribution in [0.4, 0.5) is 17.1 Å². The number of nitrogens with zero attached hydrogens (tertiary/aromatic N) is 1. The first-order chi connectivity index (χ1) is 9.88. The summed E-state index contributed by atoms with van der Waals surface area (Å²) < 4.78 is 0. The van der Waals surface area contributed by atoms with Crippen LogP contribution in [0.2, 0.25) is 5.02 Å². The lowest BCUT2D eigenvalue weighted by molar-refractivity contribution is 0.102. The average molecular weight is 304 g/mol. The smallest absolute Gasteiger partial charge is 0.255 e. The molecule has 0 bridgehead atoms. The molecular weight excluding hydrogens is 286 g/mol. The van der Waals surface area contributed by atoms with Gasteiger partial charge in [-0.15, -0.1) is 0 Å². The first kappa shape index (κ1) is 15.2. The van der Waals surface area contributed by atoms with Gasteiger partial charge in [-0.05, 0) is 42.8 Å². The van der Waals surface area contributed by atoms with Crippen LogP contribution in [0.3, 0.4) is 0 Å². The third-order valence-electron chi connectivity index (χ3n) is 3.14. The fourth-order valence-corrected chi connectivity index (χ4v) is 2.20. The van der Waals surface area contributed by atoms with Gasteiger partial charge in [0.15, 0.2) is 0 Å². The third kappa shape index (κ3) is 3.47. The van der Waals surface area contributed by atoms with Crippen molar-refractivity contribution in [2.45, 2.75) is 6.92 Å². The Bertz CT molecular complexity index is 683. The number of benzene rings is 2. The van der Waals surface area contributed by atoms with Crippen molar-refractivity contribution in [3.8, 4) is 0 Å². The van der Waals surface area contributed by atoms with E-state index in [-0.39, 0.29) is 5.91 Å². The predicted octanol–water partition coefficient (Wildman–Crippen LogP) is 3.55. The minimum absolute atomic E-state index is 0.237. The van der Waals surface area contributed by atoms with E-state index in [2.05, 4.69) is 5.32 Å². The molecule has 2 rings (SSSR count). The minimum atomic E-state index is -0.237. The second-order valence-electron chi connectivity index (χ2n) is 5.11. The zero-order valence-electron chi connectivity index (χ0n) is 12.3. The van der Waals surface area contributed by atoms with Crippen LogP contribution in [-0.2, 0) is 0 Å². The van der Waals surface area contributed by atoms with Crippen molar-refractivity contribution >= 4 is 34.6 Å². The third-order valence-corrected chi connectivity index (χ3v) is 3.47. The van der Waals surface area contributed by atoms with Crippen LogP contribution in [0.25, 0.3) is 0 Å². The summed E-state index contributed by atoms with van der Waals surface area (Å²) in [4.78, 5) is 14.2. The fraction of sp³-hybridized carbons (Fsp3) is 0.188. The molecule has 21 heavy (non-hydrogen) atoms. The van der Waals surface area contributed by atoms with Crippen LogP contribution in [0.15, 0.2) is 36.4 Å². The molecule has 0 unspecified atom stereocenters. The molecule has 3 N–H and O–H groups in total. The lowest BCUT2D eigenvalue weighted by Gasteiger charge is -2.16. The molecule has 0 saturated heterocycles. The van der Waals surface area contributed by atoms with E-state index in [4.69, 9.17) is 17.3 Å². The van der Waals surface area contributed by atoms with Gasteiger partial charge in [0.05, 0.1) is 22.1 Å². The Labute approximate surface area is 129 Å². The highest BCUT2D eigenvalue weighted by molar-refractivity contribution is 6.34. The molecule has 2 aromatic carbocycles. The average Bonchev–Trinajstić information content (AvgIpc) is 2.42. The number of hydrogen-bond donors (Lipinski definition) is 2. The van der Waals surface area contributed by atoms with Gasteiger partial charge < -0.3 is 16.0 Å². The minimum Gasteiger partial charge on any atom is -0.397 e. The van der Waals surface area contributed by atoms with Gasteiger partial charge in [0.25, 0.3) is 5.91 Å². The van der Waals surface area contributed by atoms with Gasteiger partial charge in [-0.2, -0.15) is 0 Å². The summed E-state index contributed by atoms with van der Waals surface area (Å²) >= 11 is 6.08. The van der Waals surface area contributed by atoms with E-state index >= 15 is 0 Å². The normalized spacial score (nSPS) is 10.3. The molecule has 1 amide bonds. The van der Waals surface area contributed by atoms with Crippen LogP contribution < -0.4 is 16.0 Å². The number of anilines is 3. The number of aryl methyl sites for hydroxylation is 1. The molecule has 0 heterocycles. The van der Waals surface area contributed by atoms with E-state index in [0.29, 0.717) is 22.0 Å². The number of nitrogen functional groups attached to an aromatic ring is 1. The van der Waals surface area contributed by atoms with Crippen LogP contribution in [0.1, 0.15) is 15.9 Å². The van der Waals surface area contributed by atoms with Crippen LogP contribution in [0, 0.1) is 6.92 Å². The van der Waals surface area contributed by atoms with Gasteiger partial charge in [-0.1, -0.05) is 17.7 Å². The summed E-state index contributed by atoms with van der Waals surface area (Å²) in [5.41, 5.74) is 9.51. The molecule has 4 nitrogen and oxygen atoms in total. The van der Waals surface area contributed by atoms with E-state index in [1.807, 2.05) is 44.1 Å². The molecule has 5 heteroatoms. The number of nitrogens with two attached hydrogens (primary N) is 1. The van der Waals surface area contributed by atoms with Crippen LogP contribution >= 0.6 is 11.6 Å². The Morgan fingerprint density at radius 1 is 1.19 bits per heavy atom. The molecule has 0 aliphatic carbocycles. The van der Waals surface area contributed by atoms with Gasteiger partial charge in [0.2, 0.25) is 0 Å². The predicted molar refractivity (Wildman–Crippen MR) is 89.3 cm³/mol. The molecule has 0 aromatic heterocycles. The molecule has 0 spiro atoms. The lowest BCUT2D eigenvalue weighted by Crippen LogP contribution is -2.15. The maximum Gasteiger partial charge on any atom is 0.255 e. The van der Waals surface area contributed by atoms with Crippen molar-refractivity contribution in [2.24, 2.45) is 0 Å². The molecule has 0 saturated carbocycles. The van der Waals surface area contributed by atoms with E-state index in [1.54, 1.807) is 18.2 Å². The maximum absolute atomic E-state index is 12.3. The Morgan fingerprint density at radius 3 is 2.52 bits per heavy atom. The van der Waals surface area contributed by atoms with Gasteiger partial charge in [-0.25, -0.2) is 0 Å². The van der Waals surface area contributed by atoms with Gasteiger partial charge in [0, 0.05) is 19.7 Å². The van der Waals surface area contributed by atoms with Crippen molar-refractivity contribution in [2.75, 3.05) is 30.0 Å². The van der Waals surface area contributed by atoms with E-state index in [1.165, 1.54) is 0 Å². The second-order valence-corrected chi connectivity index (χ2v) is 5.51. The van der Waals surface area contributed by atoms with Gasteiger partial charge in [0.1, 0.15) is 0 Å². The Balaban J connectivity index is 2.24. The van der Waals surface area contributed by atoms with E-state index in [0.717, 1.165) is 11.3 Å². The van der Waals surface area contributed by atoms with Crippen LogP contribution in [-0.4, -0.2) is 20.0 Å². The molecule has 0 aliphatic heterocycles. The van der Waals surface area contributed by atoms with Crippen molar-refractivity contribution in [3.63, 3.8) is 0 Å². The first-order valence-corrected chi connectivity index (χ1v) is 6.90. The molecule has 2 aromatic rings. The number of rotatable bonds is 3. The summed E-state index contributed by atoms with van der Waals surface area (Å²) in [6, 6.07) is 10.7. The molecular formula is C16H18ClN3O. The van der Waals surface area contributed by atoms with Crippen molar-refractivity contribution in [1.82, 2.24) is 0 Å². The summed E-state index contributed by atoms with van der Waals surface area (Å²) in [7, 11) is 3.80. The second kappa shape index (κ2) is 6.06. The quantitative estimate of drug-likeness (QED) is 0.853. The zero-order chi connectivity index (χ0) is 15.6. The Hall–Kier alpha value is -2.20. The highest BCUT2D eigenvalue weighted by Gasteiger charge is 2.11. The largest absolute Gasteiger partial charge is 0.397 e. The number of nitrogens with one attached hydrogen (secondary N) is 1. The van der Waals surface area contributed by atoms with E-state index in [9.17, 15) is 4.79 Å². The number of carbonyl (C=O) groups excluding carboxylic acids is 1. The number of carbonyl (C=O) groups is 1. The topological polar surface area (TPSA) is 58.4 Å². The highest BCUT2D eigenvalue weighted by Crippen LogP contribution is 2.25. The first-order valence-electron chi connectivity index (χ1n) is 6.53. The number of hydrogen-bond acceptors (Lipinski definition) is 3. The molecule has 0 atom stereocenters. The lowest BCUT2D eigenvalue weighted by atomic mass is 10.1. The standard InChI is InChI=1S/C16H18ClN3O/c1-10-4-6-12(17)14(8-10)19-16(21)11-5-7-15(20(2)3)13(18)9-11/h4-9H,18H2,1-3H3,(H,19,21). The monoisotopic (exact) mass is 303 g/mol. The van der Waals surface area contributed by atoms with Crippen molar-refractivity contribution in [1.29, 1.82) is 0 Å². The summed E-state index contributed by atoms with van der Waals surface area (Å²) in [5.74, 6) is -0.237. The maximum atomic E-state index is 12.3. The molecule has 110 valence electrons. The zero-order valence-corrected chi connectivity index (χ0v) is 13.0. The van der Waals surface area contributed by atoms with Gasteiger partial charge >= 0.3 is 0 Å². The molecule has 0 fully saturated rings. The van der Waals surface area contributed by atoms with Gasteiger partial charge in [-0.3, -0.25) is 4.79 Å². The Kier molecular flexibility index (Phi) is 4.38. The molecule has 0 aliphatic rings. The summed E-state index contributed by atoms with van der Waals surface area (Å²) in [6.45, 7) is 1.94. The fourth-order valence-electron chi connectivity index (χ4n) is 2.03. The Morgan fingerprint density at radius 2 is 1.90 bits per heavy atom. The van der Waals surface area contributed by atoms with Crippen molar-refractivity contribution < 1.29 is 4.79 Å². The summed E-state index contributed by atoms with van der Waals surface area (Å²) in [6.07, 6.45) is 0.